The molecule has 1 aliphatic rings. The fourth-order valence-corrected chi connectivity index (χ4v) is 6.85. The van der Waals surface area contributed by atoms with E-state index in [2.05, 4.69) is 38.6 Å². The predicted octanol–water partition coefficient (Wildman–Crippen LogP) is 8.96. The van der Waals surface area contributed by atoms with Crippen LogP contribution in [0.1, 0.15) is 41.9 Å². The van der Waals surface area contributed by atoms with E-state index < -0.39 is 0 Å². The second kappa shape index (κ2) is 13.6. The van der Waals surface area contributed by atoms with Gasteiger partial charge in [-0.15, -0.1) is 0 Å². The number of nitrogens with one attached hydrogen (secondary N) is 3. The van der Waals surface area contributed by atoms with Crippen molar-refractivity contribution in [1.82, 2.24) is 24.8 Å². The molecule has 1 fully saturated rings. The number of amides is 1. The van der Waals surface area contributed by atoms with Crippen molar-refractivity contribution in [2.75, 3.05) is 23.3 Å². The lowest BCUT2D eigenvalue weighted by Crippen LogP contribution is -2.41. The largest absolute Gasteiger partial charge is 0.388 e. The van der Waals surface area contributed by atoms with Gasteiger partial charge in [-0.05, 0) is 67.9 Å². The first kappa shape index (κ1) is 31.5. The smallest absolute Gasteiger partial charge is 0.272 e. The molecule has 48 heavy (non-hydrogen) atoms. The quantitative estimate of drug-likeness (QED) is 0.142. The topological polar surface area (TPSA) is 90.9 Å². The number of anilines is 2. The number of benzene rings is 3. The maximum atomic E-state index is 14.5. The molecule has 6 aromatic rings. The van der Waals surface area contributed by atoms with E-state index in [0.717, 1.165) is 70.7 Å². The minimum atomic E-state index is -0.291. The average Bonchev–Trinajstić information content (AvgIpc) is 3.71. The SMILES string of the molecule is C=CNC1CCN(c2ncccc2NC(=O)c2[nH]c3cc(Cl)ccc3c2-c2c(-c3ccccc3)ncn2C(C)c2ccc(Cl)cc2)CC1. The Morgan fingerprint density at radius 3 is 2.48 bits per heavy atom. The van der Waals surface area contributed by atoms with Gasteiger partial charge >= 0.3 is 0 Å². The molecule has 1 aliphatic heterocycles. The Labute approximate surface area is 289 Å². The molecule has 3 aromatic heterocycles. The molecule has 8 nitrogen and oxygen atoms in total. The van der Waals surface area contributed by atoms with E-state index in [4.69, 9.17) is 33.2 Å². The van der Waals surface area contributed by atoms with Crippen molar-refractivity contribution < 1.29 is 4.79 Å². The summed E-state index contributed by atoms with van der Waals surface area (Å²) in [5, 5.41) is 8.62. The predicted molar refractivity (Wildman–Crippen MR) is 196 cm³/mol. The zero-order chi connectivity index (χ0) is 33.2. The summed E-state index contributed by atoms with van der Waals surface area (Å²) in [6.45, 7) is 7.54. The number of imidazole rings is 1. The first-order chi connectivity index (χ1) is 23.4. The summed E-state index contributed by atoms with van der Waals surface area (Å²) in [6, 6.07) is 27.5. The van der Waals surface area contributed by atoms with Crippen LogP contribution in [0.2, 0.25) is 10.0 Å². The van der Waals surface area contributed by atoms with Gasteiger partial charge < -0.3 is 25.1 Å². The average molecular weight is 677 g/mol. The third kappa shape index (κ3) is 6.17. The molecule has 7 rings (SSSR count). The molecule has 1 saturated heterocycles. The Balaban J connectivity index is 1.35. The lowest BCUT2D eigenvalue weighted by Gasteiger charge is -2.33. The number of rotatable bonds is 9. The van der Waals surface area contributed by atoms with E-state index >= 15 is 0 Å². The van der Waals surface area contributed by atoms with Crippen LogP contribution in [0, 0.1) is 0 Å². The van der Waals surface area contributed by atoms with Gasteiger partial charge in [0.1, 0.15) is 5.69 Å². The molecule has 3 N–H and O–H groups in total. The summed E-state index contributed by atoms with van der Waals surface area (Å²) in [5.41, 5.74) is 6.09. The van der Waals surface area contributed by atoms with Gasteiger partial charge in [0.05, 0.1) is 29.4 Å². The molecule has 242 valence electrons. The van der Waals surface area contributed by atoms with Crippen LogP contribution in [0.4, 0.5) is 11.5 Å². The van der Waals surface area contributed by atoms with Gasteiger partial charge in [0.25, 0.3) is 5.91 Å². The van der Waals surface area contributed by atoms with Crippen molar-refractivity contribution >= 4 is 51.5 Å². The fraction of sp³-hybridized carbons (Fsp3) is 0.184. The summed E-state index contributed by atoms with van der Waals surface area (Å²) in [4.78, 5) is 29.8. The van der Waals surface area contributed by atoms with Crippen LogP contribution in [0.3, 0.4) is 0 Å². The molecule has 0 spiro atoms. The van der Waals surface area contributed by atoms with Gasteiger partial charge in [-0.3, -0.25) is 4.79 Å². The van der Waals surface area contributed by atoms with E-state index in [1.807, 2.05) is 91.3 Å². The van der Waals surface area contributed by atoms with E-state index in [1.165, 1.54) is 0 Å². The number of hydrogen-bond donors (Lipinski definition) is 3. The van der Waals surface area contributed by atoms with Gasteiger partial charge in [-0.2, -0.15) is 0 Å². The van der Waals surface area contributed by atoms with Crippen molar-refractivity contribution in [2.24, 2.45) is 0 Å². The molecule has 0 bridgehead atoms. The van der Waals surface area contributed by atoms with Gasteiger partial charge in [-0.25, -0.2) is 9.97 Å². The monoisotopic (exact) mass is 675 g/mol. The summed E-state index contributed by atoms with van der Waals surface area (Å²) in [5.74, 6) is 0.454. The number of halogens is 2. The lowest BCUT2D eigenvalue weighted by molar-refractivity contribution is 0.102. The molecule has 0 aliphatic carbocycles. The highest BCUT2D eigenvalue weighted by molar-refractivity contribution is 6.31. The highest BCUT2D eigenvalue weighted by Crippen LogP contribution is 2.41. The van der Waals surface area contributed by atoms with Crippen LogP contribution in [0.5, 0.6) is 0 Å². The Bertz CT molecular complexity index is 2080. The van der Waals surface area contributed by atoms with Crippen LogP contribution >= 0.6 is 23.2 Å². The Morgan fingerprint density at radius 1 is 0.979 bits per heavy atom. The molecule has 10 heteroatoms. The normalized spacial score (nSPS) is 14.2. The molecule has 1 unspecified atom stereocenters. The molecule has 0 radical (unpaired) electrons. The molecule has 1 atom stereocenters. The summed E-state index contributed by atoms with van der Waals surface area (Å²) >= 11 is 12.7. The number of carbonyl (C=O) groups excluding carboxylic acids is 1. The molecular formula is C38H35Cl2N7O. The summed E-state index contributed by atoms with van der Waals surface area (Å²) in [7, 11) is 0. The van der Waals surface area contributed by atoms with E-state index in [9.17, 15) is 4.79 Å². The first-order valence-electron chi connectivity index (χ1n) is 16.0. The number of H-pyrrole nitrogens is 1. The third-order valence-corrected chi connectivity index (χ3v) is 9.51. The zero-order valence-electron chi connectivity index (χ0n) is 26.5. The molecule has 4 heterocycles. The number of hydrogen-bond acceptors (Lipinski definition) is 5. The van der Waals surface area contributed by atoms with Gasteiger partial charge in [0.15, 0.2) is 5.82 Å². The molecule has 1 amide bonds. The van der Waals surface area contributed by atoms with Crippen molar-refractivity contribution in [1.29, 1.82) is 0 Å². The van der Waals surface area contributed by atoms with Crippen molar-refractivity contribution in [3.63, 3.8) is 0 Å². The molecule has 3 aromatic carbocycles. The van der Waals surface area contributed by atoms with Crippen LogP contribution in [0.15, 0.2) is 110 Å². The lowest BCUT2D eigenvalue weighted by atomic mass is 9.99. The Hall–Kier alpha value is -5.05. The molecular weight excluding hydrogens is 641 g/mol. The van der Waals surface area contributed by atoms with Crippen LogP contribution in [-0.2, 0) is 0 Å². The number of aromatic nitrogens is 4. The van der Waals surface area contributed by atoms with Crippen molar-refractivity contribution in [2.45, 2.75) is 31.8 Å². The standard InChI is InChI=1S/C38H35Cl2N7O/c1-3-41-29-17-20-46(21-18-29)37-31(10-7-19-42-37)45-38(48)35-33(30-16-15-28(40)22-32(30)44-35)36-34(26-8-5-4-6-9-26)43-23-47(36)24(2)25-11-13-27(39)14-12-25/h3-16,19,22-24,29,41,44H,1,17-18,20-21H2,2H3,(H,45,48). The van der Waals surface area contributed by atoms with E-state index in [1.54, 1.807) is 12.4 Å². The van der Waals surface area contributed by atoms with E-state index in [0.29, 0.717) is 27.5 Å². The number of aromatic amines is 1. The Morgan fingerprint density at radius 2 is 1.73 bits per heavy atom. The maximum absolute atomic E-state index is 14.5. The van der Waals surface area contributed by atoms with Gasteiger partial charge in [0.2, 0.25) is 0 Å². The van der Waals surface area contributed by atoms with Crippen LogP contribution in [0.25, 0.3) is 33.4 Å². The number of carbonyl (C=O) groups is 1. The fourth-order valence-electron chi connectivity index (χ4n) is 6.55. The van der Waals surface area contributed by atoms with E-state index in [-0.39, 0.29) is 11.9 Å². The second-order valence-corrected chi connectivity index (χ2v) is 12.8. The van der Waals surface area contributed by atoms with Crippen LogP contribution in [-0.4, -0.2) is 44.6 Å². The van der Waals surface area contributed by atoms with Crippen molar-refractivity contribution in [3.8, 4) is 22.5 Å². The first-order valence-corrected chi connectivity index (χ1v) is 16.7. The summed E-state index contributed by atoms with van der Waals surface area (Å²) < 4.78 is 2.12. The van der Waals surface area contributed by atoms with Crippen LogP contribution < -0.4 is 15.5 Å². The number of piperidine rings is 1. The highest BCUT2D eigenvalue weighted by atomic mass is 35.5. The number of nitrogens with zero attached hydrogens (tertiary/aromatic N) is 4. The van der Waals surface area contributed by atoms with Gasteiger partial charge in [0, 0.05) is 57.4 Å². The third-order valence-electron chi connectivity index (χ3n) is 9.02. The molecule has 0 saturated carbocycles. The van der Waals surface area contributed by atoms with Gasteiger partial charge in [-0.1, -0.05) is 78.3 Å². The minimum absolute atomic E-state index is 0.126. The van der Waals surface area contributed by atoms with Crippen molar-refractivity contribution in [3.05, 3.63) is 132 Å². The minimum Gasteiger partial charge on any atom is -0.388 e. The highest BCUT2D eigenvalue weighted by Gasteiger charge is 2.29. The second-order valence-electron chi connectivity index (χ2n) is 12.0. The number of fused-ring (bicyclic) bond motifs is 1. The number of pyridine rings is 1. The maximum Gasteiger partial charge on any atom is 0.272 e. The Kier molecular flexibility index (Phi) is 8.93. The summed E-state index contributed by atoms with van der Waals surface area (Å²) in [6.07, 6.45) is 7.25. The zero-order valence-corrected chi connectivity index (χ0v) is 28.0.